The van der Waals surface area contributed by atoms with Crippen LogP contribution in [0.3, 0.4) is 0 Å². The number of benzene rings is 2. The number of fused-ring (bicyclic) bond motifs is 1. The van der Waals surface area contributed by atoms with Crippen LogP contribution in [0, 0.1) is 6.92 Å². The SMILES string of the molecule is COc1ccc(CN=C(N)Nc2ccc3c(c2)OCCCO3)cc1C.I. The molecule has 0 unspecified atom stereocenters. The third kappa shape index (κ3) is 5.17. The number of nitrogens with one attached hydrogen (secondary N) is 1. The largest absolute Gasteiger partial charge is 0.496 e. The molecule has 7 heteroatoms. The highest BCUT2D eigenvalue weighted by molar-refractivity contribution is 14.0. The summed E-state index contributed by atoms with van der Waals surface area (Å²) < 4.78 is 16.6. The molecule has 2 aromatic rings. The van der Waals surface area contributed by atoms with E-state index in [9.17, 15) is 0 Å². The molecule has 0 saturated heterocycles. The molecule has 0 amide bonds. The standard InChI is InChI=1S/C19H23N3O3.HI/c1-13-10-14(4-6-16(13)23-2)12-21-19(20)22-15-5-7-17-18(11-15)25-9-3-8-24-17;/h4-7,10-11H,3,8-9,12H2,1-2H3,(H3,20,21,22);1H. The fourth-order valence-corrected chi connectivity index (χ4v) is 2.64. The van der Waals surface area contributed by atoms with Crippen LogP contribution in [0.25, 0.3) is 0 Å². The summed E-state index contributed by atoms with van der Waals surface area (Å²) in [6.07, 6.45) is 0.877. The molecule has 1 heterocycles. The molecule has 0 bridgehead atoms. The number of aliphatic imine (C=N–C) groups is 1. The van der Waals surface area contributed by atoms with Crippen molar-refractivity contribution >= 4 is 35.6 Å². The predicted octanol–water partition coefficient (Wildman–Crippen LogP) is 3.71. The lowest BCUT2D eigenvalue weighted by Gasteiger charge is -2.11. The Hall–Kier alpha value is -2.16. The van der Waals surface area contributed by atoms with Gasteiger partial charge < -0.3 is 25.3 Å². The van der Waals surface area contributed by atoms with E-state index in [0.29, 0.717) is 25.7 Å². The smallest absolute Gasteiger partial charge is 0.193 e. The van der Waals surface area contributed by atoms with Crippen LogP contribution in [-0.2, 0) is 6.54 Å². The fourth-order valence-electron chi connectivity index (χ4n) is 2.64. The van der Waals surface area contributed by atoms with Crippen LogP contribution in [0.15, 0.2) is 41.4 Å². The summed E-state index contributed by atoms with van der Waals surface area (Å²) in [5.74, 6) is 2.70. The number of ether oxygens (including phenoxy) is 3. The predicted molar refractivity (Wildman–Crippen MR) is 114 cm³/mol. The van der Waals surface area contributed by atoms with E-state index in [-0.39, 0.29) is 24.0 Å². The topological polar surface area (TPSA) is 78.1 Å². The van der Waals surface area contributed by atoms with Gasteiger partial charge in [0.05, 0.1) is 26.9 Å². The zero-order valence-corrected chi connectivity index (χ0v) is 17.3. The number of aryl methyl sites for hydroxylation is 1. The lowest BCUT2D eigenvalue weighted by Crippen LogP contribution is -2.22. The second kappa shape index (κ2) is 9.51. The highest BCUT2D eigenvalue weighted by Gasteiger charge is 2.10. The van der Waals surface area contributed by atoms with E-state index in [1.54, 1.807) is 7.11 Å². The second-order valence-corrected chi connectivity index (χ2v) is 5.84. The Balaban J connectivity index is 0.00000243. The molecule has 0 saturated carbocycles. The first kappa shape index (κ1) is 20.2. The van der Waals surface area contributed by atoms with Gasteiger partial charge in [0.15, 0.2) is 17.5 Å². The van der Waals surface area contributed by atoms with Gasteiger partial charge in [-0.15, -0.1) is 24.0 Å². The van der Waals surface area contributed by atoms with E-state index < -0.39 is 0 Å². The van der Waals surface area contributed by atoms with Crippen molar-refractivity contribution < 1.29 is 14.2 Å². The molecule has 0 fully saturated rings. The molecule has 0 spiro atoms. The zero-order chi connectivity index (χ0) is 17.6. The van der Waals surface area contributed by atoms with E-state index in [0.717, 1.165) is 40.5 Å². The van der Waals surface area contributed by atoms with Gasteiger partial charge >= 0.3 is 0 Å². The van der Waals surface area contributed by atoms with Crippen LogP contribution in [0.5, 0.6) is 17.2 Å². The van der Waals surface area contributed by atoms with E-state index in [2.05, 4.69) is 10.3 Å². The zero-order valence-electron chi connectivity index (χ0n) is 15.0. The third-order valence-corrected chi connectivity index (χ3v) is 3.91. The highest BCUT2D eigenvalue weighted by Crippen LogP contribution is 2.32. The molecule has 0 radical (unpaired) electrons. The molecular weight excluding hydrogens is 445 g/mol. The summed E-state index contributed by atoms with van der Waals surface area (Å²) in [5.41, 5.74) is 8.96. The van der Waals surface area contributed by atoms with Gasteiger partial charge in [-0.25, -0.2) is 4.99 Å². The summed E-state index contributed by atoms with van der Waals surface area (Å²) in [7, 11) is 1.66. The number of hydrogen-bond acceptors (Lipinski definition) is 4. The Morgan fingerprint density at radius 2 is 1.92 bits per heavy atom. The molecule has 2 aromatic carbocycles. The van der Waals surface area contributed by atoms with Gasteiger partial charge in [-0.3, -0.25) is 0 Å². The first-order chi connectivity index (χ1) is 12.2. The fraction of sp³-hybridized carbons (Fsp3) is 0.316. The lowest BCUT2D eigenvalue weighted by molar-refractivity contribution is 0.297. The van der Waals surface area contributed by atoms with Crippen molar-refractivity contribution in [3.05, 3.63) is 47.5 Å². The summed E-state index contributed by atoms with van der Waals surface area (Å²) in [6.45, 7) is 3.82. The quantitative estimate of drug-likeness (QED) is 0.406. The van der Waals surface area contributed by atoms with Gasteiger partial charge in [-0.05, 0) is 36.2 Å². The maximum atomic E-state index is 6.00. The summed E-state index contributed by atoms with van der Waals surface area (Å²) in [4.78, 5) is 4.39. The van der Waals surface area contributed by atoms with E-state index in [1.165, 1.54) is 0 Å². The minimum Gasteiger partial charge on any atom is -0.496 e. The Kier molecular flexibility index (Phi) is 7.38. The maximum absolute atomic E-state index is 6.00. The van der Waals surface area contributed by atoms with Crippen molar-refractivity contribution in [3.63, 3.8) is 0 Å². The van der Waals surface area contributed by atoms with Gasteiger partial charge in [0.25, 0.3) is 0 Å². The molecule has 0 aliphatic carbocycles. The van der Waals surface area contributed by atoms with Gasteiger partial charge in [-0.2, -0.15) is 0 Å². The molecule has 26 heavy (non-hydrogen) atoms. The molecule has 1 aliphatic heterocycles. The van der Waals surface area contributed by atoms with Crippen LogP contribution < -0.4 is 25.3 Å². The Morgan fingerprint density at radius 3 is 2.65 bits per heavy atom. The number of guanidine groups is 1. The molecule has 3 rings (SSSR count). The van der Waals surface area contributed by atoms with Crippen molar-refractivity contribution in [2.75, 3.05) is 25.6 Å². The molecule has 3 N–H and O–H groups in total. The van der Waals surface area contributed by atoms with Crippen molar-refractivity contribution in [2.24, 2.45) is 10.7 Å². The minimum absolute atomic E-state index is 0. The van der Waals surface area contributed by atoms with Crippen LogP contribution in [0.2, 0.25) is 0 Å². The maximum Gasteiger partial charge on any atom is 0.193 e. The summed E-state index contributed by atoms with van der Waals surface area (Å²) >= 11 is 0. The van der Waals surface area contributed by atoms with Crippen LogP contribution >= 0.6 is 24.0 Å². The molecule has 6 nitrogen and oxygen atoms in total. The van der Waals surface area contributed by atoms with E-state index in [4.69, 9.17) is 19.9 Å². The average molecular weight is 469 g/mol. The van der Waals surface area contributed by atoms with Gasteiger partial charge in [-0.1, -0.05) is 12.1 Å². The van der Waals surface area contributed by atoms with Gasteiger partial charge in [0.1, 0.15) is 5.75 Å². The molecule has 1 aliphatic rings. The van der Waals surface area contributed by atoms with Crippen molar-refractivity contribution in [3.8, 4) is 17.2 Å². The number of halogens is 1. The van der Waals surface area contributed by atoms with E-state index >= 15 is 0 Å². The molecule has 0 aromatic heterocycles. The monoisotopic (exact) mass is 469 g/mol. The van der Waals surface area contributed by atoms with Crippen LogP contribution in [-0.4, -0.2) is 26.3 Å². The van der Waals surface area contributed by atoms with Crippen molar-refractivity contribution in [1.29, 1.82) is 0 Å². The van der Waals surface area contributed by atoms with E-state index in [1.807, 2.05) is 43.3 Å². The Morgan fingerprint density at radius 1 is 1.15 bits per heavy atom. The average Bonchev–Trinajstić information content (AvgIpc) is 2.85. The summed E-state index contributed by atoms with van der Waals surface area (Å²) in [6, 6.07) is 11.6. The number of anilines is 1. The third-order valence-electron chi connectivity index (χ3n) is 3.91. The number of rotatable bonds is 4. The normalized spacial score (nSPS) is 13.4. The minimum atomic E-state index is 0. The van der Waals surface area contributed by atoms with Crippen molar-refractivity contribution in [1.82, 2.24) is 0 Å². The number of nitrogens with zero attached hydrogens (tertiary/aromatic N) is 1. The van der Waals surface area contributed by atoms with Crippen LogP contribution in [0.1, 0.15) is 17.5 Å². The van der Waals surface area contributed by atoms with Gasteiger partial charge in [0.2, 0.25) is 0 Å². The second-order valence-electron chi connectivity index (χ2n) is 5.84. The number of hydrogen-bond donors (Lipinski definition) is 2. The molecule has 0 atom stereocenters. The number of methoxy groups -OCH3 is 1. The van der Waals surface area contributed by atoms with Crippen molar-refractivity contribution in [2.45, 2.75) is 19.9 Å². The first-order valence-corrected chi connectivity index (χ1v) is 8.26. The number of nitrogens with two attached hydrogens (primary N) is 1. The lowest BCUT2D eigenvalue weighted by atomic mass is 10.1. The highest BCUT2D eigenvalue weighted by atomic mass is 127. The molecular formula is C19H24IN3O3. The first-order valence-electron chi connectivity index (χ1n) is 8.26. The van der Waals surface area contributed by atoms with Crippen LogP contribution in [0.4, 0.5) is 5.69 Å². The Bertz CT molecular complexity index is 781. The summed E-state index contributed by atoms with van der Waals surface area (Å²) in [5, 5.41) is 3.09. The van der Waals surface area contributed by atoms with Gasteiger partial charge in [0, 0.05) is 18.2 Å². The molecule has 140 valence electrons. The Labute approximate surface area is 170 Å².